The zero-order chi connectivity index (χ0) is 16.3. The monoisotopic (exact) mass is 317 g/mol. The maximum absolute atomic E-state index is 12.7. The molecule has 0 saturated carbocycles. The van der Waals surface area contributed by atoms with Gasteiger partial charge < -0.3 is 4.74 Å². The minimum absolute atomic E-state index is 0.0833. The highest BCUT2D eigenvalue weighted by molar-refractivity contribution is 7.99. The number of hydrogen-bond acceptors (Lipinski definition) is 4. The number of benzene rings is 1. The minimum Gasteiger partial charge on any atom is -0.461 e. The number of carbonyl (C=O) groups is 1. The molecular weight excluding hydrogens is 294 g/mol. The smallest absolute Gasteiger partial charge is 0.339 e. The van der Waals surface area contributed by atoms with E-state index in [9.17, 15) is 4.79 Å². The van der Waals surface area contributed by atoms with Gasteiger partial charge >= 0.3 is 5.97 Å². The Morgan fingerprint density at radius 1 is 1.32 bits per heavy atom. The molecule has 0 unspecified atom stereocenters. The highest BCUT2D eigenvalue weighted by Crippen LogP contribution is 2.26. The number of carbonyl (C=O) groups excluding carboxylic acids is 1. The molecular formula is C18H23NO2S. The van der Waals surface area contributed by atoms with Crippen LogP contribution >= 0.6 is 11.8 Å². The number of esters is 1. The molecule has 0 N–H and O–H groups in total. The summed E-state index contributed by atoms with van der Waals surface area (Å²) in [4.78, 5) is 17.3. The molecule has 1 aromatic carbocycles. The zero-order valence-electron chi connectivity index (χ0n) is 13.9. The van der Waals surface area contributed by atoms with Crippen molar-refractivity contribution >= 4 is 28.6 Å². The zero-order valence-corrected chi connectivity index (χ0v) is 14.7. The first-order valence-corrected chi connectivity index (χ1v) is 8.72. The molecule has 0 amide bonds. The van der Waals surface area contributed by atoms with Crippen molar-refractivity contribution in [1.29, 1.82) is 0 Å². The van der Waals surface area contributed by atoms with Crippen molar-refractivity contribution in [2.24, 2.45) is 0 Å². The van der Waals surface area contributed by atoms with Crippen molar-refractivity contribution in [3.63, 3.8) is 0 Å². The standard InChI is InChI=1S/C18H23NO2S/c1-6-14-12(2)16(13-9-7-8-10-15(13)19-14)17(20)21-11-18(3,4)22-5/h7-10H,6,11H2,1-5H3. The van der Waals surface area contributed by atoms with Crippen LogP contribution in [0, 0.1) is 6.92 Å². The lowest BCUT2D eigenvalue weighted by atomic mass is 10.0. The van der Waals surface area contributed by atoms with Gasteiger partial charge in [-0.3, -0.25) is 4.98 Å². The predicted octanol–water partition coefficient (Wildman–Crippen LogP) is 4.40. The van der Waals surface area contributed by atoms with Gasteiger partial charge in [-0.2, -0.15) is 11.8 Å². The van der Waals surface area contributed by atoms with Gasteiger partial charge in [-0.15, -0.1) is 0 Å². The quantitative estimate of drug-likeness (QED) is 0.766. The molecule has 0 spiro atoms. The normalized spacial score (nSPS) is 11.7. The van der Waals surface area contributed by atoms with Gasteiger partial charge in [-0.05, 0) is 45.1 Å². The number of thioether (sulfide) groups is 1. The number of para-hydroxylation sites is 1. The Morgan fingerprint density at radius 2 is 2.00 bits per heavy atom. The van der Waals surface area contributed by atoms with Crippen molar-refractivity contribution in [3.8, 4) is 0 Å². The lowest BCUT2D eigenvalue weighted by Gasteiger charge is -2.22. The SMILES string of the molecule is CCc1nc2ccccc2c(C(=O)OCC(C)(C)SC)c1C. The third-order valence-electron chi connectivity index (χ3n) is 3.88. The highest BCUT2D eigenvalue weighted by atomic mass is 32.2. The fourth-order valence-corrected chi connectivity index (χ4v) is 2.51. The first-order valence-electron chi connectivity index (χ1n) is 7.50. The number of nitrogens with zero attached hydrogens (tertiary/aromatic N) is 1. The fourth-order valence-electron chi connectivity index (χ4n) is 2.34. The van der Waals surface area contributed by atoms with Crippen molar-refractivity contribution in [1.82, 2.24) is 4.98 Å². The molecule has 0 aliphatic carbocycles. The molecule has 2 rings (SSSR count). The molecule has 22 heavy (non-hydrogen) atoms. The molecule has 1 heterocycles. The molecule has 1 aromatic heterocycles. The van der Waals surface area contributed by atoms with E-state index in [1.54, 1.807) is 11.8 Å². The highest BCUT2D eigenvalue weighted by Gasteiger charge is 2.22. The van der Waals surface area contributed by atoms with Gasteiger partial charge in [0.25, 0.3) is 0 Å². The minimum atomic E-state index is -0.257. The molecule has 0 radical (unpaired) electrons. The second-order valence-corrected chi connectivity index (χ2v) is 7.48. The van der Waals surface area contributed by atoms with E-state index >= 15 is 0 Å². The van der Waals surface area contributed by atoms with Crippen LogP contribution in [0.15, 0.2) is 24.3 Å². The molecule has 3 nitrogen and oxygen atoms in total. The lowest BCUT2D eigenvalue weighted by Crippen LogP contribution is -2.25. The van der Waals surface area contributed by atoms with Crippen LogP contribution in [0.2, 0.25) is 0 Å². The van der Waals surface area contributed by atoms with E-state index in [-0.39, 0.29) is 10.7 Å². The van der Waals surface area contributed by atoms with Gasteiger partial charge in [0.15, 0.2) is 0 Å². The predicted molar refractivity (Wildman–Crippen MR) is 93.7 cm³/mol. The van der Waals surface area contributed by atoms with Crippen LogP contribution in [0.25, 0.3) is 10.9 Å². The summed E-state index contributed by atoms with van der Waals surface area (Å²) in [6, 6.07) is 7.75. The van der Waals surface area contributed by atoms with Gasteiger partial charge in [-0.25, -0.2) is 4.79 Å². The summed E-state index contributed by atoms with van der Waals surface area (Å²) in [5.41, 5.74) is 3.38. The molecule has 0 aliphatic heterocycles. The lowest BCUT2D eigenvalue weighted by molar-refractivity contribution is 0.0479. The second kappa shape index (κ2) is 6.69. The summed E-state index contributed by atoms with van der Waals surface area (Å²) in [6.45, 7) is 8.54. The Labute approximate surface area is 136 Å². The first kappa shape index (κ1) is 16.8. The Bertz CT molecular complexity index is 695. The Morgan fingerprint density at radius 3 is 2.64 bits per heavy atom. The summed E-state index contributed by atoms with van der Waals surface area (Å²) in [7, 11) is 0. The summed E-state index contributed by atoms with van der Waals surface area (Å²) >= 11 is 1.69. The molecule has 0 aliphatic rings. The molecule has 0 fully saturated rings. The number of ether oxygens (including phenoxy) is 1. The number of aromatic nitrogens is 1. The van der Waals surface area contributed by atoms with Crippen LogP contribution in [-0.4, -0.2) is 28.6 Å². The van der Waals surface area contributed by atoms with E-state index in [1.165, 1.54) is 0 Å². The van der Waals surface area contributed by atoms with E-state index in [4.69, 9.17) is 4.74 Å². The van der Waals surface area contributed by atoms with Gasteiger partial charge in [0.1, 0.15) is 6.61 Å². The number of hydrogen-bond donors (Lipinski definition) is 0. The van der Waals surface area contributed by atoms with Crippen LogP contribution in [0.4, 0.5) is 0 Å². The van der Waals surface area contributed by atoms with E-state index in [0.29, 0.717) is 12.2 Å². The topological polar surface area (TPSA) is 39.2 Å². The third kappa shape index (κ3) is 3.43. The van der Waals surface area contributed by atoms with E-state index < -0.39 is 0 Å². The van der Waals surface area contributed by atoms with Crippen molar-refractivity contribution in [2.45, 2.75) is 38.9 Å². The van der Waals surface area contributed by atoms with E-state index in [1.807, 2.05) is 37.4 Å². The second-order valence-electron chi connectivity index (χ2n) is 5.97. The Balaban J connectivity index is 2.45. The van der Waals surface area contributed by atoms with E-state index in [2.05, 4.69) is 25.8 Å². The summed E-state index contributed by atoms with van der Waals surface area (Å²) in [5.74, 6) is -0.257. The van der Waals surface area contributed by atoms with E-state index in [0.717, 1.165) is 28.6 Å². The molecule has 0 saturated heterocycles. The van der Waals surface area contributed by atoms with Crippen LogP contribution in [0.1, 0.15) is 42.4 Å². The summed E-state index contributed by atoms with van der Waals surface area (Å²) in [5, 5.41) is 0.865. The molecule has 118 valence electrons. The maximum Gasteiger partial charge on any atom is 0.339 e. The largest absolute Gasteiger partial charge is 0.461 e. The molecule has 2 aromatic rings. The average Bonchev–Trinajstić information content (AvgIpc) is 2.52. The number of pyridine rings is 1. The van der Waals surface area contributed by atoms with Gasteiger partial charge in [0.05, 0.1) is 11.1 Å². The van der Waals surface area contributed by atoms with Gasteiger partial charge in [-0.1, -0.05) is 25.1 Å². The summed E-state index contributed by atoms with van der Waals surface area (Å²) in [6.07, 6.45) is 2.82. The average molecular weight is 317 g/mol. The van der Waals surface area contributed by atoms with Crippen LogP contribution in [0.3, 0.4) is 0 Å². The third-order valence-corrected chi connectivity index (χ3v) is 5.10. The van der Waals surface area contributed by atoms with Crippen LogP contribution < -0.4 is 0 Å². The number of aryl methyl sites for hydroxylation is 1. The van der Waals surface area contributed by atoms with Gasteiger partial charge in [0.2, 0.25) is 0 Å². The Kier molecular flexibility index (Phi) is 5.12. The fraction of sp³-hybridized carbons (Fsp3) is 0.444. The first-order chi connectivity index (χ1) is 10.4. The van der Waals surface area contributed by atoms with Crippen molar-refractivity contribution in [2.75, 3.05) is 12.9 Å². The molecule has 4 heteroatoms. The van der Waals surface area contributed by atoms with Crippen LogP contribution in [-0.2, 0) is 11.2 Å². The van der Waals surface area contributed by atoms with Crippen LogP contribution in [0.5, 0.6) is 0 Å². The van der Waals surface area contributed by atoms with Crippen molar-refractivity contribution in [3.05, 3.63) is 41.1 Å². The maximum atomic E-state index is 12.7. The molecule has 0 atom stereocenters. The molecule has 0 bridgehead atoms. The summed E-state index contributed by atoms with van der Waals surface area (Å²) < 4.78 is 5.50. The van der Waals surface area contributed by atoms with Crippen molar-refractivity contribution < 1.29 is 9.53 Å². The van der Waals surface area contributed by atoms with Gasteiger partial charge in [0, 0.05) is 15.8 Å². The number of fused-ring (bicyclic) bond motifs is 1. The Hall–Kier alpha value is -1.55. The number of rotatable bonds is 5.